The van der Waals surface area contributed by atoms with Crippen LogP contribution in [0.2, 0.25) is 0 Å². The van der Waals surface area contributed by atoms with E-state index in [4.69, 9.17) is 0 Å². The van der Waals surface area contributed by atoms with Crippen molar-refractivity contribution < 1.29 is 18.8 Å². The first kappa shape index (κ1) is 24.0. The molecule has 0 aliphatic carbocycles. The monoisotopic (exact) mass is 447 g/mol. The quantitative estimate of drug-likeness (QED) is 0.726. The van der Waals surface area contributed by atoms with Crippen molar-refractivity contribution in [3.8, 4) is 0 Å². The van der Waals surface area contributed by atoms with Gasteiger partial charge < -0.3 is 15.1 Å². The smallest absolute Gasteiger partial charge is 0.334 e. The standard InChI is InChI=1S/C23H34FN5O3/c1-15(2)10-11-27-13-19-28(21(16(3)4)22(27)31)20(30)14-26(5)29(19)23(32)25-12-17-6-8-18(24)9-7-17/h6-9,15-16,19,21H,10-14H2,1-5H3,(H,25,32)/t19-,21-/m0/s1. The summed E-state index contributed by atoms with van der Waals surface area (Å²) >= 11 is 0. The lowest BCUT2D eigenvalue weighted by Gasteiger charge is -2.55. The molecule has 0 aromatic heterocycles. The molecule has 1 aromatic carbocycles. The predicted octanol–water partition coefficient (Wildman–Crippen LogP) is 2.27. The van der Waals surface area contributed by atoms with E-state index in [1.807, 2.05) is 13.8 Å². The number of nitrogens with zero attached hydrogens (tertiary/aromatic N) is 4. The number of piperazine rings is 1. The average Bonchev–Trinajstić information content (AvgIpc) is 2.71. The minimum atomic E-state index is -0.602. The zero-order valence-electron chi connectivity index (χ0n) is 19.5. The van der Waals surface area contributed by atoms with Crippen LogP contribution in [0, 0.1) is 17.7 Å². The highest BCUT2D eigenvalue weighted by Crippen LogP contribution is 2.29. The Morgan fingerprint density at radius 1 is 1.16 bits per heavy atom. The molecule has 1 N–H and O–H groups in total. The molecule has 4 amide bonds. The first-order chi connectivity index (χ1) is 15.1. The van der Waals surface area contributed by atoms with Crippen LogP contribution >= 0.6 is 0 Å². The summed E-state index contributed by atoms with van der Waals surface area (Å²) in [5.41, 5.74) is 0.768. The van der Waals surface area contributed by atoms with Crippen molar-refractivity contribution in [2.75, 3.05) is 26.7 Å². The molecule has 0 unspecified atom stereocenters. The summed E-state index contributed by atoms with van der Waals surface area (Å²) in [6.07, 6.45) is 0.274. The molecular weight excluding hydrogens is 413 g/mol. The van der Waals surface area contributed by atoms with Crippen LogP contribution in [0.25, 0.3) is 0 Å². The van der Waals surface area contributed by atoms with Crippen molar-refractivity contribution >= 4 is 17.8 Å². The lowest BCUT2D eigenvalue weighted by atomic mass is 9.95. The molecule has 0 radical (unpaired) electrons. The molecule has 2 saturated heterocycles. The fourth-order valence-corrected chi connectivity index (χ4v) is 4.34. The summed E-state index contributed by atoms with van der Waals surface area (Å²) in [4.78, 5) is 42.8. The van der Waals surface area contributed by atoms with Gasteiger partial charge in [0.15, 0.2) is 0 Å². The molecule has 32 heavy (non-hydrogen) atoms. The number of carbonyl (C=O) groups is 3. The van der Waals surface area contributed by atoms with E-state index in [0.717, 1.165) is 12.0 Å². The number of urea groups is 1. The average molecular weight is 448 g/mol. The van der Waals surface area contributed by atoms with E-state index in [2.05, 4.69) is 19.2 Å². The van der Waals surface area contributed by atoms with Gasteiger partial charge in [-0.25, -0.2) is 19.2 Å². The van der Waals surface area contributed by atoms with Gasteiger partial charge in [0.2, 0.25) is 11.8 Å². The van der Waals surface area contributed by atoms with Gasteiger partial charge in [0.05, 0.1) is 13.1 Å². The van der Waals surface area contributed by atoms with E-state index in [-0.39, 0.29) is 49.2 Å². The minimum Gasteiger partial charge on any atom is -0.337 e. The highest BCUT2D eigenvalue weighted by atomic mass is 19.1. The SMILES string of the molecule is CC(C)CCN1C[C@H]2N(C(=O)CN(C)N2C(=O)NCc2ccc(F)cc2)[C@@H](C(C)C)C1=O. The third kappa shape index (κ3) is 5.03. The molecular formula is C23H34FN5O3. The number of halogens is 1. The lowest BCUT2D eigenvalue weighted by Crippen LogP contribution is -2.76. The second kappa shape index (κ2) is 9.85. The minimum absolute atomic E-state index is 0.0168. The second-order valence-electron chi connectivity index (χ2n) is 9.38. The maximum atomic E-state index is 13.2. The van der Waals surface area contributed by atoms with Crippen molar-refractivity contribution in [1.82, 2.24) is 25.1 Å². The zero-order valence-corrected chi connectivity index (χ0v) is 19.5. The van der Waals surface area contributed by atoms with E-state index in [1.54, 1.807) is 34.0 Å². The van der Waals surface area contributed by atoms with Gasteiger partial charge in [-0.1, -0.05) is 39.8 Å². The summed E-state index contributed by atoms with van der Waals surface area (Å²) in [6.45, 7) is 9.17. The number of hydrazine groups is 1. The summed E-state index contributed by atoms with van der Waals surface area (Å²) in [5, 5.41) is 6.01. The Bertz CT molecular complexity index is 845. The fraction of sp³-hybridized carbons (Fsp3) is 0.609. The van der Waals surface area contributed by atoms with Gasteiger partial charge in [0.1, 0.15) is 18.0 Å². The van der Waals surface area contributed by atoms with Crippen molar-refractivity contribution in [2.24, 2.45) is 11.8 Å². The van der Waals surface area contributed by atoms with E-state index >= 15 is 0 Å². The molecule has 2 aliphatic rings. The number of hydrogen-bond acceptors (Lipinski definition) is 4. The number of nitrogens with one attached hydrogen (secondary N) is 1. The summed E-state index contributed by atoms with van der Waals surface area (Å²) in [7, 11) is 1.70. The highest BCUT2D eigenvalue weighted by molar-refractivity contribution is 5.91. The van der Waals surface area contributed by atoms with Gasteiger partial charge in [0.25, 0.3) is 0 Å². The molecule has 9 heteroatoms. The van der Waals surface area contributed by atoms with Crippen molar-refractivity contribution in [1.29, 1.82) is 0 Å². The fourth-order valence-electron chi connectivity index (χ4n) is 4.34. The number of hydrogen-bond donors (Lipinski definition) is 1. The van der Waals surface area contributed by atoms with Gasteiger partial charge in [0, 0.05) is 20.1 Å². The van der Waals surface area contributed by atoms with Crippen LogP contribution in [0.1, 0.15) is 39.7 Å². The Kier molecular flexibility index (Phi) is 7.38. The van der Waals surface area contributed by atoms with Crippen LogP contribution in [0.3, 0.4) is 0 Å². The Labute approximate surface area is 189 Å². The van der Waals surface area contributed by atoms with E-state index in [1.165, 1.54) is 17.1 Å². The lowest BCUT2D eigenvalue weighted by molar-refractivity contribution is -0.190. The first-order valence-corrected chi connectivity index (χ1v) is 11.2. The molecule has 0 bridgehead atoms. The molecule has 0 spiro atoms. The molecule has 2 aliphatic heterocycles. The largest absolute Gasteiger partial charge is 0.337 e. The van der Waals surface area contributed by atoms with E-state index in [0.29, 0.717) is 12.5 Å². The van der Waals surface area contributed by atoms with Gasteiger partial charge in [-0.2, -0.15) is 0 Å². The molecule has 2 atom stereocenters. The summed E-state index contributed by atoms with van der Waals surface area (Å²) < 4.78 is 13.2. The molecule has 1 aromatic rings. The third-order valence-corrected chi connectivity index (χ3v) is 6.04. The van der Waals surface area contributed by atoms with Crippen LogP contribution in [0.4, 0.5) is 9.18 Å². The van der Waals surface area contributed by atoms with E-state index in [9.17, 15) is 18.8 Å². The van der Waals surface area contributed by atoms with Crippen LogP contribution in [-0.2, 0) is 16.1 Å². The zero-order chi connectivity index (χ0) is 23.6. The Morgan fingerprint density at radius 3 is 2.41 bits per heavy atom. The van der Waals surface area contributed by atoms with Crippen LogP contribution in [0.15, 0.2) is 24.3 Å². The van der Waals surface area contributed by atoms with Crippen molar-refractivity contribution in [3.05, 3.63) is 35.6 Å². The van der Waals surface area contributed by atoms with Gasteiger partial charge in [-0.3, -0.25) is 9.59 Å². The van der Waals surface area contributed by atoms with Gasteiger partial charge >= 0.3 is 6.03 Å². The molecule has 3 rings (SSSR count). The number of benzene rings is 1. The second-order valence-corrected chi connectivity index (χ2v) is 9.38. The first-order valence-electron chi connectivity index (χ1n) is 11.2. The summed E-state index contributed by atoms with van der Waals surface area (Å²) in [5.74, 6) is -0.192. The maximum Gasteiger partial charge on any atom is 0.334 e. The maximum absolute atomic E-state index is 13.2. The topological polar surface area (TPSA) is 76.2 Å². The molecule has 0 saturated carbocycles. The third-order valence-electron chi connectivity index (χ3n) is 6.04. The summed E-state index contributed by atoms with van der Waals surface area (Å²) in [6, 6.07) is 4.97. The van der Waals surface area contributed by atoms with Gasteiger partial charge in [-0.15, -0.1) is 0 Å². The highest BCUT2D eigenvalue weighted by Gasteiger charge is 2.51. The number of likely N-dealkylation sites (N-methyl/N-ethyl adjacent to an activating group) is 1. The van der Waals surface area contributed by atoms with Gasteiger partial charge in [-0.05, 0) is 36.0 Å². The normalized spacial score (nSPS) is 22.1. The van der Waals surface area contributed by atoms with Crippen LogP contribution in [0.5, 0.6) is 0 Å². The Balaban J connectivity index is 1.83. The number of rotatable bonds is 6. The van der Waals surface area contributed by atoms with Crippen molar-refractivity contribution in [2.45, 2.75) is 52.9 Å². The molecule has 8 nitrogen and oxygen atoms in total. The number of amides is 4. The predicted molar refractivity (Wildman–Crippen MR) is 118 cm³/mol. The Hall–Kier alpha value is -2.68. The molecule has 176 valence electrons. The Morgan fingerprint density at radius 2 is 1.81 bits per heavy atom. The van der Waals surface area contributed by atoms with E-state index < -0.39 is 12.2 Å². The molecule has 2 heterocycles. The van der Waals surface area contributed by atoms with Crippen molar-refractivity contribution in [3.63, 3.8) is 0 Å². The number of fused-ring (bicyclic) bond motifs is 1. The number of carbonyl (C=O) groups excluding carboxylic acids is 3. The van der Waals surface area contributed by atoms with Crippen LogP contribution < -0.4 is 5.32 Å². The molecule has 2 fully saturated rings. The van der Waals surface area contributed by atoms with Crippen LogP contribution in [-0.4, -0.2) is 76.6 Å².